The zero-order valence-electron chi connectivity index (χ0n) is 16.9. The van der Waals surface area contributed by atoms with Gasteiger partial charge in [0, 0.05) is 42.4 Å². The van der Waals surface area contributed by atoms with Crippen LogP contribution in [0.25, 0.3) is 22.3 Å². The van der Waals surface area contributed by atoms with Gasteiger partial charge in [-0.3, -0.25) is 9.36 Å². The number of nitrogens with zero attached hydrogens (tertiary/aromatic N) is 4. The average molecular weight is 414 g/mol. The summed E-state index contributed by atoms with van der Waals surface area (Å²) >= 11 is 1.45. The predicted octanol–water partition coefficient (Wildman–Crippen LogP) is 3.57. The summed E-state index contributed by atoms with van der Waals surface area (Å²) < 4.78 is 7.99. The number of H-pyrrole nitrogens is 1. The molecule has 7 nitrogen and oxygen atoms in total. The Morgan fingerprint density at radius 2 is 2.14 bits per heavy atom. The lowest BCUT2D eigenvalue weighted by atomic mass is 10.1. The highest BCUT2D eigenvalue weighted by Gasteiger charge is 2.24. The summed E-state index contributed by atoms with van der Waals surface area (Å²) in [6.45, 7) is 6.95. The molecule has 1 aromatic carbocycles. The highest BCUT2D eigenvalue weighted by atomic mass is 32.2. The van der Waals surface area contributed by atoms with E-state index in [-0.39, 0.29) is 12.0 Å². The fourth-order valence-corrected chi connectivity index (χ4v) is 4.65. The number of ether oxygens (including phenoxy) is 1. The van der Waals surface area contributed by atoms with E-state index in [0.717, 1.165) is 60.0 Å². The molecule has 29 heavy (non-hydrogen) atoms. The number of carbonyl (C=O) groups is 1. The van der Waals surface area contributed by atoms with Crippen molar-refractivity contribution in [2.45, 2.75) is 44.5 Å². The van der Waals surface area contributed by atoms with Gasteiger partial charge in [0.1, 0.15) is 0 Å². The second-order valence-corrected chi connectivity index (χ2v) is 8.10. The maximum atomic E-state index is 12.5. The quantitative estimate of drug-likeness (QED) is 0.572. The second kappa shape index (κ2) is 9.00. The Morgan fingerprint density at radius 1 is 1.31 bits per heavy atom. The van der Waals surface area contributed by atoms with E-state index < -0.39 is 0 Å². The monoisotopic (exact) mass is 413 g/mol. The molecule has 1 aliphatic rings. The van der Waals surface area contributed by atoms with Crippen LogP contribution in [0, 0.1) is 0 Å². The van der Waals surface area contributed by atoms with Crippen molar-refractivity contribution in [1.29, 1.82) is 0 Å². The Labute approximate surface area is 174 Å². The Hall–Kier alpha value is -2.32. The lowest BCUT2D eigenvalue weighted by molar-refractivity contribution is -0.127. The van der Waals surface area contributed by atoms with Crippen LogP contribution in [0.2, 0.25) is 0 Å². The molecule has 1 fully saturated rings. The SMILES string of the molecule is CCN(CC)C(=O)CSc1nnc(-c2c[nH]c3ccccc23)n1CC1CCCO1. The minimum absolute atomic E-state index is 0.125. The van der Waals surface area contributed by atoms with Crippen molar-refractivity contribution in [1.82, 2.24) is 24.6 Å². The van der Waals surface area contributed by atoms with Crippen molar-refractivity contribution in [3.05, 3.63) is 30.5 Å². The first-order chi connectivity index (χ1) is 14.2. The van der Waals surface area contributed by atoms with Gasteiger partial charge in [-0.1, -0.05) is 30.0 Å². The Balaban J connectivity index is 1.64. The van der Waals surface area contributed by atoms with Crippen molar-refractivity contribution in [3.8, 4) is 11.4 Å². The number of aromatic amines is 1. The van der Waals surface area contributed by atoms with Crippen LogP contribution in [-0.2, 0) is 16.1 Å². The molecule has 1 saturated heterocycles. The molecule has 8 heteroatoms. The summed E-state index contributed by atoms with van der Waals surface area (Å²) in [6, 6.07) is 8.18. The average Bonchev–Trinajstić information content (AvgIpc) is 3.48. The minimum atomic E-state index is 0.125. The molecule has 0 bridgehead atoms. The summed E-state index contributed by atoms with van der Waals surface area (Å²) in [5.74, 6) is 1.30. The normalized spacial score (nSPS) is 16.6. The maximum Gasteiger partial charge on any atom is 0.233 e. The van der Waals surface area contributed by atoms with E-state index >= 15 is 0 Å². The summed E-state index contributed by atoms with van der Waals surface area (Å²) in [4.78, 5) is 17.6. The Bertz CT molecular complexity index is 973. The number of amides is 1. The predicted molar refractivity (Wildman–Crippen MR) is 115 cm³/mol. The molecule has 1 unspecified atom stereocenters. The van der Waals surface area contributed by atoms with E-state index in [1.807, 2.05) is 37.1 Å². The fraction of sp³-hybridized carbons (Fsp3) is 0.476. The minimum Gasteiger partial charge on any atom is -0.376 e. The number of carbonyl (C=O) groups excluding carboxylic acids is 1. The molecule has 2 aromatic heterocycles. The van der Waals surface area contributed by atoms with Crippen LogP contribution in [0.4, 0.5) is 0 Å². The van der Waals surface area contributed by atoms with Gasteiger partial charge < -0.3 is 14.6 Å². The number of benzene rings is 1. The molecule has 4 rings (SSSR count). The Kier molecular flexibility index (Phi) is 6.20. The topological polar surface area (TPSA) is 76.0 Å². The highest BCUT2D eigenvalue weighted by molar-refractivity contribution is 7.99. The molecule has 0 spiro atoms. The molecular formula is C21H27N5O2S. The third-order valence-electron chi connectivity index (χ3n) is 5.40. The van der Waals surface area contributed by atoms with Crippen LogP contribution in [0.5, 0.6) is 0 Å². The van der Waals surface area contributed by atoms with E-state index in [9.17, 15) is 4.79 Å². The zero-order valence-corrected chi connectivity index (χ0v) is 17.7. The van der Waals surface area contributed by atoms with Crippen molar-refractivity contribution in [2.75, 3.05) is 25.4 Å². The van der Waals surface area contributed by atoms with Gasteiger partial charge in [0.25, 0.3) is 0 Å². The molecular weight excluding hydrogens is 386 g/mol. The van der Waals surface area contributed by atoms with Crippen molar-refractivity contribution in [2.24, 2.45) is 0 Å². The first-order valence-electron chi connectivity index (χ1n) is 10.2. The van der Waals surface area contributed by atoms with E-state index in [1.165, 1.54) is 11.8 Å². The first-order valence-corrected chi connectivity index (χ1v) is 11.2. The molecule has 0 saturated carbocycles. The molecule has 3 heterocycles. The Morgan fingerprint density at radius 3 is 2.90 bits per heavy atom. The van der Waals surface area contributed by atoms with Crippen LogP contribution < -0.4 is 0 Å². The molecule has 1 aliphatic heterocycles. The molecule has 0 aliphatic carbocycles. The first kappa shape index (κ1) is 20.0. The smallest absolute Gasteiger partial charge is 0.233 e. The van der Waals surface area contributed by atoms with Crippen LogP contribution in [0.15, 0.2) is 35.6 Å². The van der Waals surface area contributed by atoms with Crippen LogP contribution in [0.1, 0.15) is 26.7 Å². The number of aromatic nitrogens is 4. The van der Waals surface area contributed by atoms with Gasteiger partial charge in [0.05, 0.1) is 18.4 Å². The molecule has 1 amide bonds. The van der Waals surface area contributed by atoms with Crippen LogP contribution >= 0.6 is 11.8 Å². The highest BCUT2D eigenvalue weighted by Crippen LogP contribution is 2.31. The van der Waals surface area contributed by atoms with Crippen LogP contribution in [-0.4, -0.2) is 62.1 Å². The van der Waals surface area contributed by atoms with E-state index in [0.29, 0.717) is 12.3 Å². The van der Waals surface area contributed by atoms with E-state index in [1.54, 1.807) is 0 Å². The largest absolute Gasteiger partial charge is 0.376 e. The van der Waals surface area contributed by atoms with Gasteiger partial charge in [-0.2, -0.15) is 0 Å². The molecule has 3 aromatic rings. The maximum absolute atomic E-state index is 12.5. The number of hydrogen-bond donors (Lipinski definition) is 1. The zero-order chi connectivity index (χ0) is 20.2. The standard InChI is InChI=1S/C21H27N5O2S/c1-3-25(4-2)19(27)14-29-21-24-23-20(26(21)13-15-8-7-11-28-15)17-12-22-18-10-6-5-9-16(17)18/h5-6,9-10,12,15,22H,3-4,7-8,11,13-14H2,1-2H3. The third-order valence-corrected chi connectivity index (χ3v) is 6.35. The van der Waals surface area contributed by atoms with Gasteiger partial charge in [-0.05, 0) is 32.8 Å². The molecule has 0 radical (unpaired) electrons. The molecule has 154 valence electrons. The van der Waals surface area contributed by atoms with Gasteiger partial charge in [0.15, 0.2) is 11.0 Å². The number of thioether (sulfide) groups is 1. The van der Waals surface area contributed by atoms with Gasteiger partial charge >= 0.3 is 0 Å². The molecule has 1 N–H and O–H groups in total. The summed E-state index contributed by atoms with van der Waals surface area (Å²) in [5, 5.41) is 10.8. The van der Waals surface area contributed by atoms with Gasteiger partial charge in [-0.25, -0.2) is 0 Å². The van der Waals surface area contributed by atoms with E-state index in [4.69, 9.17) is 4.74 Å². The number of rotatable bonds is 8. The lowest BCUT2D eigenvalue weighted by Crippen LogP contribution is -2.32. The summed E-state index contributed by atoms with van der Waals surface area (Å²) in [5.41, 5.74) is 2.09. The number of fused-ring (bicyclic) bond motifs is 1. The summed E-state index contributed by atoms with van der Waals surface area (Å²) in [6.07, 6.45) is 4.26. The van der Waals surface area contributed by atoms with Crippen LogP contribution in [0.3, 0.4) is 0 Å². The van der Waals surface area contributed by atoms with Gasteiger partial charge in [-0.15, -0.1) is 10.2 Å². The summed E-state index contributed by atoms with van der Waals surface area (Å²) in [7, 11) is 0. The third kappa shape index (κ3) is 4.18. The number of para-hydroxylation sites is 1. The lowest BCUT2D eigenvalue weighted by Gasteiger charge is -2.18. The number of nitrogens with one attached hydrogen (secondary N) is 1. The fourth-order valence-electron chi connectivity index (χ4n) is 3.80. The van der Waals surface area contributed by atoms with Crippen molar-refractivity contribution < 1.29 is 9.53 Å². The van der Waals surface area contributed by atoms with Crippen molar-refractivity contribution >= 4 is 28.6 Å². The second-order valence-electron chi connectivity index (χ2n) is 7.15. The number of hydrogen-bond acceptors (Lipinski definition) is 5. The van der Waals surface area contributed by atoms with Gasteiger partial charge in [0.2, 0.25) is 5.91 Å². The van der Waals surface area contributed by atoms with E-state index in [2.05, 4.69) is 31.9 Å². The molecule has 1 atom stereocenters. The van der Waals surface area contributed by atoms with Crippen molar-refractivity contribution in [3.63, 3.8) is 0 Å².